The molecule has 0 saturated heterocycles. The van der Waals surface area contributed by atoms with Crippen LogP contribution in [0.1, 0.15) is 23.6 Å². The predicted octanol–water partition coefficient (Wildman–Crippen LogP) is 2.35. The number of rotatable bonds is 5. The molecule has 1 aliphatic rings. The molecule has 1 aliphatic heterocycles. The highest BCUT2D eigenvalue weighted by molar-refractivity contribution is 6.39. The van der Waals surface area contributed by atoms with Crippen LogP contribution in [-0.2, 0) is 14.4 Å². The molecule has 0 radical (unpaired) electrons. The molecule has 2 aromatic carbocycles. The van der Waals surface area contributed by atoms with Gasteiger partial charge in [0.1, 0.15) is 6.04 Å². The van der Waals surface area contributed by atoms with Crippen LogP contribution in [0.4, 0.5) is 11.4 Å². The van der Waals surface area contributed by atoms with Crippen LogP contribution in [0.15, 0.2) is 47.5 Å². The Kier molecular flexibility index (Phi) is 6.39. The van der Waals surface area contributed by atoms with Crippen molar-refractivity contribution in [3.05, 3.63) is 59.2 Å². The first-order valence-electron chi connectivity index (χ1n) is 10.0. The Hall–Kier alpha value is -3.68. The average Bonchev–Trinajstić information content (AvgIpc) is 2.72. The van der Waals surface area contributed by atoms with Crippen molar-refractivity contribution in [1.82, 2.24) is 10.3 Å². The third-order valence-electron chi connectivity index (χ3n) is 5.00. The molecule has 0 aromatic heterocycles. The van der Waals surface area contributed by atoms with E-state index in [2.05, 4.69) is 15.7 Å². The molecule has 0 fully saturated rings. The van der Waals surface area contributed by atoms with Crippen molar-refractivity contribution in [3.8, 4) is 0 Å². The summed E-state index contributed by atoms with van der Waals surface area (Å²) in [6.45, 7) is 7.34. The van der Waals surface area contributed by atoms with E-state index in [4.69, 9.17) is 0 Å². The summed E-state index contributed by atoms with van der Waals surface area (Å²) in [6.07, 6.45) is 0. The highest BCUT2D eigenvalue weighted by Gasteiger charge is 2.32. The number of hydrogen-bond acceptors (Lipinski definition) is 5. The number of carbonyl (C=O) groups excluding carboxylic acids is 3. The predicted molar refractivity (Wildman–Crippen MR) is 121 cm³/mol. The topological polar surface area (TPSA) is 94.1 Å². The number of para-hydroxylation sites is 1. The lowest BCUT2D eigenvalue weighted by Crippen LogP contribution is -2.58. The van der Waals surface area contributed by atoms with Gasteiger partial charge in [-0.1, -0.05) is 35.9 Å². The van der Waals surface area contributed by atoms with Crippen molar-refractivity contribution in [1.29, 1.82) is 0 Å². The molecular formula is C23H27N5O3. The average molecular weight is 422 g/mol. The molecule has 0 aliphatic carbocycles. The van der Waals surface area contributed by atoms with Gasteiger partial charge in [0.05, 0.1) is 12.2 Å². The normalized spacial score (nSPS) is 15.8. The highest BCUT2D eigenvalue weighted by atomic mass is 16.2. The second kappa shape index (κ2) is 8.99. The molecule has 2 aromatic rings. The fourth-order valence-corrected chi connectivity index (χ4v) is 3.52. The van der Waals surface area contributed by atoms with Gasteiger partial charge in [0.2, 0.25) is 11.7 Å². The molecule has 1 atom stereocenters. The molecule has 0 spiro atoms. The van der Waals surface area contributed by atoms with E-state index in [-0.39, 0.29) is 24.2 Å². The van der Waals surface area contributed by atoms with Gasteiger partial charge < -0.3 is 10.2 Å². The molecule has 8 heteroatoms. The van der Waals surface area contributed by atoms with Crippen molar-refractivity contribution in [3.63, 3.8) is 0 Å². The number of hydrogen-bond donors (Lipinski definition) is 2. The lowest BCUT2D eigenvalue weighted by molar-refractivity contribution is -0.128. The lowest BCUT2D eigenvalue weighted by Gasteiger charge is -2.31. The smallest absolute Gasteiger partial charge is 0.290 e. The second-order valence-corrected chi connectivity index (χ2v) is 7.76. The number of amidine groups is 1. The molecule has 8 nitrogen and oxygen atoms in total. The summed E-state index contributed by atoms with van der Waals surface area (Å²) in [6, 6.07) is 12.2. The third kappa shape index (κ3) is 4.91. The van der Waals surface area contributed by atoms with E-state index in [1.807, 2.05) is 39.0 Å². The van der Waals surface area contributed by atoms with Crippen LogP contribution in [0, 0.1) is 20.8 Å². The van der Waals surface area contributed by atoms with Gasteiger partial charge in [-0.3, -0.25) is 19.8 Å². The highest BCUT2D eigenvalue weighted by Crippen LogP contribution is 2.22. The first-order chi connectivity index (χ1) is 14.7. The zero-order chi connectivity index (χ0) is 22.7. The maximum absolute atomic E-state index is 12.9. The van der Waals surface area contributed by atoms with Crippen molar-refractivity contribution in [2.75, 3.05) is 23.9 Å². The summed E-state index contributed by atoms with van der Waals surface area (Å²) in [5, 5.41) is 4.19. The van der Waals surface area contributed by atoms with Crippen LogP contribution in [-0.4, -0.2) is 48.1 Å². The minimum atomic E-state index is -0.722. The SMILES string of the molecule is Cc1cc(C)c(NC(=O)CN(C)C(=O)C2=NC(C)C(=O)N(c3ccccc3)N2)c(C)c1. The minimum Gasteiger partial charge on any atom is -0.330 e. The van der Waals surface area contributed by atoms with E-state index in [0.29, 0.717) is 5.69 Å². The monoisotopic (exact) mass is 421 g/mol. The molecule has 31 heavy (non-hydrogen) atoms. The number of benzene rings is 2. The zero-order valence-electron chi connectivity index (χ0n) is 18.4. The van der Waals surface area contributed by atoms with Gasteiger partial charge in [0.15, 0.2) is 0 Å². The van der Waals surface area contributed by atoms with Gasteiger partial charge in [-0.2, -0.15) is 0 Å². The lowest BCUT2D eigenvalue weighted by atomic mass is 10.1. The Balaban J connectivity index is 1.70. The Morgan fingerprint density at radius 3 is 2.35 bits per heavy atom. The molecule has 0 saturated carbocycles. The number of nitrogens with one attached hydrogen (secondary N) is 2. The van der Waals surface area contributed by atoms with Crippen LogP contribution in [0.25, 0.3) is 0 Å². The Morgan fingerprint density at radius 1 is 1.13 bits per heavy atom. The van der Waals surface area contributed by atoms with Gasteiger partial charge in [0.25, 0.3) is 11.8 Å². The summed E-state index contributed by atoms with van der Waals surface area (Å²) in [5.74, 6) is -1.05. The van der Waals surface area contributed by atoms with E-state index in [1.165, 1.54) is 17.0 Å². The Morgan fingerprint density at radius 2 is 1.74 bits per heavy atom. The molecule has 1 unspecified atom stereocenters. The molecule has 162 valence electrons. The summed E-state index contributed by atoms with van der Waals surface area (Å²) in [7, 11) is 1.52. The van der Waals surface area contributed by atoms with Crippen molar-refractivity contribution in [2.24, 2.45) is 4.99 Å². The van der Waals surface area contributed by atoms with Gasteiger partial charge in [-0.25, -0.2) is 10.0 Å². The first-order valence-corrected chi connectivity index (χ1v) is 10.0. The number of nitrogens with zero attached hydrogens (tertiary/aromatic N) is 3. The standard InChI is InChI=1S/C23H27N5O3/c1-14-11-15(2)20(16(3)12-14)25-19(29)13-27(5)23(31)21-24-17(4)22(30)28(26-21)18-9-7-6-8-10-18/h6-12,17H,13H2,1-5H3,(H,24,26)(H,25,29). The number of carbonyl (C=O) groups is 3. The van der Waals surface area contributed by atoms with Crippen LogP contribution in [0.2, 0.25) is 0 Å². The fraction of sp³-hybridized carbons (Fsp3) is 0.304. The van der Waals surface area contributed by atoms with E-state index < -0.39 is 11.9 Å². The maximum Gasteiger partial charge on any atom is 0.290 e. The van der Waals surface area contributed by atoms with Crippen molar-refractivity contribution < 1.29 is 14.4 Å². The summed E-state index contributed by atoms with van der Waals surface area (Å²) in [4.78, 5) is 43.4. The summed E-state index contributed by atoms with van der Waals surface area (Å²) < 4.78 is 0. The number of aliphatic imine (C=N–C) groups is 1. The fourth-order valence-electron chi connectivity index (χ4n) is 3.52. The molecule has 0 bridgehead atoms. The van der Waals surface area contributed by atoms with Gasteiger partial charge >= 0.3 is 0 Å². The second-order valence-electron chi connectivity index (χ2n) is 7.76. The number of likely N-dealkylation sites (N-methyl/N-ethyl adjacent to an activating group) is 1. The van der Waals surface area contributed by atoms with Crippen LogP contribution in [0.5, 0.6) is 0 Å². The van der Waals surface area contributed by atoms with Crippen LogP contribution < -0.4 is 15.8 Å². The Bertz CT molecular complexity index is 1030. The molecule has 3 rings (SSSR count). The van der Waals surface area contributed by atoms with Crippen LogP contribution in [0.3, 0.4) is 0 Å². The Labute approximate surface area is 181 Å². The number of anilines is 2. The van der Waals surface area contributed by atoms with Crippen molar-refractivity contribution in [2.45, 2.75) is 33.7 Å². The minimum absolute atomic E-state index is 0.00829. The molecule has 1 heterocycles. The number of amides is 3. The van der Waals surface area contributed by atoms with Gasteiger partial charge in [-0.15, -0.1) is 0 Å². The van der Waals surface area contributed by atoms with Gasteiger partial charge in [0, 0.05) is 12.7 Å². The third-order valence-corrected chi connectivity index (χ3v) is 5.00. The first kappa shape index (κ1) is 22.0. The van der Waals surface area contributed by atoms with E-state index in [9.17, 15) is 14.4 Å². The zero-order valence-corrected chi connectivity index (χ0v) is 18.4. The van der Waals surface area contributed by atoms with Crippen LogP contribution >= 0.6 is 0 Å². The van der Waals surface area contributed by atoms with E-state index in [0.717, 1.165) is 22.4 Å². The number of hydrazine groups is 1. The van der Waals surface area contributed by atoms with Gasteiger partial charge in [-0.05, 0) is 51.0 Å². The summed E-state index contributed by atoms with van der Waals surface area (Å²) in [5.41, 5.74) is 7.18. The molecular weight excluding hydrogens is 394 g/mol. The molecule has 3 amide bonds. The van der Waals surface area contributed by atoms with Crippen molar-refractivity contribution >= 4 is 34.9 Å². The number of aryl methyl sites for hydroxylation is 3. The summed E-state index contributed by atoms with van der Waals surface area (Å²) >= 11 is 0. The van der Waals surface area contributed by atoms with E-state index in [1.54, 1.807) is 31.2 Å². The molecule has 2 N–H and O–H groups in total. The quantitative estimate of drug-likeness (QED) is 0.775. The largest absolute Gasteiger partial charge is 0.330 e. The van der Waals surface area contributed by atoms with E-state index >= 15 is 0 Å². The maximum atomic E-state index is 12.9.